The molecule has 0 saturated carbocycles. The van der Waals surface area contributed by atoms with Gasteiger partial charge in [0.1, 0.15) is 24.4 Å². The molecule has 5 atom stereocenters. The molecule has 1 saturated heterocycles. The van der Waals surface area contributed by atoms with Gasteiger partial charge in [0.15, 0.2) is 6.23 Å². The molecular weight excluding hydrogens is 278 g/mol. The number of carbonyl (C=O) groups excluding carboxylic acids is 1. The number of hydrogen-bond donors (Lipinski definition) is 5. The minimum Gasteiger partial charge on any atom is -0.394 e. The molecule has 124 valence electrons. The zero-order valence-electron chi connectivity index (χ0n) is 12.4. The number of rotatable bonds is 8. The Morgan fingerprint density at radius 2 is 1.71 bits per heavy atom. The lowest BCUT2D eigenvalue weighted by molar-refractivity contribution is -0.236. The molecule has 7 nitrogen and oxygen atoms in total. The molecule has 1 aliphatic heterocycles. The van der Waals surface area contributed by atoms with E-state index in [-0.39, 0.29) is 5.91 Å². The van der Waals surface area contributed by atoms with E-state index in [2.05, 4.69) is 12.2 Å². The summed E-state index contributed by atoms with van der Waals surface area (Å²) in [6, 6.07) is 0. The molecule has 7 heteroatoms. The third-order valence-corrected chi connectivity index (χ3v) is 3.70. The highest BCUT2D eigenvalue weighted by atomic mass is 16.6. The number of nitrogens with one attached hydrogen (secondary N) is 1. The van der Waals surface area contributed by atoms with Crippen LogP contribution in [0.5, 0.6) is 0 Å². The SMILES string of the molecule is CCCCCCCC(=O)NC1OC(CO)C(O)C(O)C1O. The minimum atomic E-state index is -1.47. The van der Waals surface area contributed by atoms with Crippen LogP contribution in [0.1, 0.15) is 45.4 Å². The van der Waals surface area contributed by atoms with E-state index in [0.717, 1.165) is 32.1 Å². The summed E-state index contributed by atoms with van der Waals surface area (Å²) in [5.74, 6) is -0.282. The van der Waals surface area contributed by atoms with Crippen molar-refractivity contribution >= 4 is 5.91 Å². The molecule has 1 aliphatic rings. The monoisotopic (exact) mass is 305 g/mol. The van der Waals surface area contributed by atoms with Gasteiger partial charge in [-0.15, -0.1) is 0 Å². The van der Waals surface area contributed by atoms with Gasteiger partial charge in [0.2, 0.25) is 5.91 Å². The van der Waals surface area contributed by atoms with E-state index in [1.54, 1.807) is 0 Å². The fraction of sp³-hybridized carbons (Fsp3) is 0.929. The van der Waals surface area contributed by atoms with Crippen molar-refractivity contribution < 1.29 is 30.0 Å². The van der Waals surface area contributed by atoms with Crippen LogP contribution in [0.4, 0.5) is 0 Å². The summed E-state index contributed by atoms with van der Waals surface area (Å²) >= 11 is 0. The molecule has 1 rings (SSSR count). The summed E-state index contributed by atoms with van der Waals surface area (Å²) in [7, 11) is 0. The lowest BCUT2D eigenvalue weighted by Gasteiger charge is -2.40. The van der Waals surface area contributed by atoms with Crippen molar-refractivity contribution in [3.05, 3.63) is 0 Å². The number of unbranched alkanes of at least 4 members (excludes halogenated alkanes) is 4. The molecule has 0 aromatic carbocycles. The smallest absolute Gasteiger partial charge is 0.222 e. The molecule has 21 heavy (non-hydrogen) atoms. The maximum Gasteiger partial charge on any atom is 0.222 e. The molecule has 1 fully saturated rings. The van der Waals surface area contributed by atoms with Gasteiger partial charge < -0.3 is 30.5 Å². The molecule has 1 amide bonds. The molecule has 5 unspecified atom stereocenters. The van der Waals surface area contributed by atoms with Crippen LogP contribution in [0.25, 0.3) is 0 Å². The van der Waals surface area contributed by atoms with Crippen LogP contribution in [0.3, 0.4) is 0 Å². The van der Waals surface area contributed by atoms with E-state index >= 15 is 0 Å². The van der Waals surface area contributed by atoms with Gasteiger partial charge in [-0.25, -0.2) is 0 Å². The Labute approximate surface area is 124 Å². The first-order valence-corrected chi connectivity index (χ1v) is 7.61. The lowest BCUT2D eigenvalue weighted by atomic mass is 9.98. The van der Waals surface area contributed by atoms with Crippen molar-refractivity contribution in [1.29, 1.82) is 0 Å². The zero-order valence-corrected chi connectivity index (χ0v) is 12.4. The van der Waals surface area contributed by atoms with Gasteiger partial charge >= 0.3 is 0 Å². The van der Waals surface area contributed by atoms with Crippen LogP contribution < -0.4 is 5.32 Å². The highest BCUT2D eigenvalue weighted by Crippen LogP contribution is 2.19. The summed E-state index contributed by atoms with van der Waals surface area (Å²) in [4.78, 5) is 11.8. The highest BCUT2D eigenvalue weighted by Gasteiger charge is 2.43. The first-order chi connectivity index (χ1) is 10.0. The first kappa shape index (κ1) is 18.3. The van der Waals surface area contributed by atoms with Gasteiger partial charge in [-0.2, -0.15) is 0 Å². The maximum absolute atomic E-state index is 11.8. The van der Waals surface area contributed by atoms with Gasteiger partial charge in [-0.1, -0.05) is 32.6 Å². The lowest BCUT2D eigenvalue weighted by Crippen LogP contribution is -2.63. The number of carbonyl (C=O) groups is 1. The third kappa shape index (κ3) is 5.52. The predicted octanol–water partition coefficient (Wildman–Crippen LogP) is -0.737. The topological polar surface area (TPSA) is 119 Å². The minimum absolute atomic E-state index is 0.282. The summed E-state index contributed by atoms with van der Waals surface area (Å²) in [5.41, 5.74) is 0. The molecule has 0 aromatic rings. The molecule has 0 bridgehead atoms. The Balaban J connectivity index is 2.36. The summed E-state index contributed by atoms with van der Waals surface area (Å²) in [6.45, 7) is 1.61. The largest absolute Gasteiger partial charge is 0.394 e. The number of amides is 1. The number of aliphatic hydroxyl groups excluding tert-OH is 4. The van der Waals surface area contributed by atoms with E-state index in [0.29, 0.717) is 6.42 Å². The van der Waals surface area contributed by atoms with Crippen LogP contribution >= 0.6 is 0 Å². The van der Waals surface area contributed by atoms with Crippen molar-refractivity contribution in [2.24, 2.45) is 0 Å². The molecule has 5 N–H and O–H groups in total. The van der Waals surface area contributed by atoms with Crippen molar-refractivity contribution in [2.75, 3.05) is 6.61 Å². The normalized spacial score (nSPS) is 32.9. The zero-order chi connectivity index (χ0) is 15.8. The van der Waals surface area contributed by atoms with E-state index in [4.69, 9.17) is 9.84 Å². The summed E-state index contributed by atoms with van der Waals surface area (Å²) < 4.78 is 5.20. The van der Waals surface area contributed by atoms with Gasteiger partial charge in [0, 0.05) is 6.42 Å². The van der Waals surface area contributed by atoms with Crippen molar-refractivity contribution in [3.63, 3.8) is 0 Å². The second kappa shape index (κ2) is 9.32. The van der Waals surface area contributed by atoms with Crippen molar-refractivity contribution in [1.82, 2.24) is 5.32 Å². The average molecular weight is 305 g/mol. The van der Waals surface area contributed by atoms with Crippen LogP contribution in [-0.4, -0.2) is 63.6 Å². The molecular formula is C14H27NO6. The Morgan fingerprint density at radius 3 is 2.33 bits per heavy atom. The van der Waals surface area contributed by atoms with Gasteiger partial charge in [0.05, 0.1) is 6.61 Å². The maximum atomic E-state index is 11.8. The average Bonchev–Trinajstić information content (AvgIpc) is 2.47. The predicted molar refractivity (Wildman–Crippen MR) is 75.3 cm³/mol. The fourth-order valence-corrected chi connectivity index (χ4v) is 2.34. The number of aliphatic hydroxyl groups is 4. The third-order valence-electron chi connectivity index (χ3n) is 3.70. The fourth-order valence-electron chi connectivity index (χ4n) is 2.34. The molecule has 1 heterocycles. The second-order valence-corrected chi connectivity index (χ2v) is 5.48. The Hall–Kier alpha value is -0.730. The van der Waals surface area contributed by atoms with Crippen LogP contribution in [0.15, 0.2) is 0 Å². The number of hydrogen-bond acceptors (Lipinski definition) is 6. The van der Waals surface area contributed by atoms with E-state index in [1.165, 1.54) is 0 Å². The van der Waals surface area contributed by atoms with Crippen molar-refractivity contribution in [3.8, 4) is 0 Å². The van der Waals surface area contributed by atoms with Crippen molar-refractivity contribution in [2.45, 2.75) is 76.1 Å². The van der Waals surface area contributed by atoms with E-state index in [9.17, 15) is 20.1 Å². The molecule has 0 radical (unpaired) electrons. The standard InChI is InChI=1S/C14H27NO6/c1-2-3-4-5-6-7-10(17)15-14-13(20)12(19)11(18)9(8-16)21-14/h9,11-14,16,18-20H,2-8H2,1H3,(H,15,17). The Morgan fingerprint density at radius 1 is 1.05 bits per heavy atom. The second-order valence-electron chi connectivity index (χ2n) is 5.48. The molecule has 0 aliphatic carbocycles. The summed E-state index contributed by atoms with van der Waals surface area (Å²) in [5, 5.41) is 40.6. The summed E-state index contributed by atoms with van der Waals surface area (Å²) in [6.07, 6.45) is -1.01. The van der Waals surface area contributed by atoms with Gasteiger partial charge in [0.25, 0.3) is 0 Å². The number of ether oxygens (including phenoxy) is 1. The Bertz CT molecular complexity index is 312. The molecule has 0 aromatic heterocycles. The molecule has 0 spiro atoms. The van der Waals surface area contributed by atoms with Gasteiger partial charge in [-0.05, 0) is 6.42 Å². The highest BCUT2D eigenvalue weighted by molar-refractivity contribution is 5.76. The van der Waals surface area contributed by atoms with E-state index < -0.39 is 37.3 Å². The van der Waals surface area contributed by atoms with Crippen LogP contribution in [-0.2, 0) is 9.53 Å². The van der Waals surface area contributed by atoms with Crippen LogP contribution in [0, 0.1) is 0 Å². The quantitative estimate of drug-likeness (QED) is 0.377. The first-order valence-electron chi connectivity index (χ1n) is 7.61. The van der Waals surface area contributed by atoms with Crippen LogP contribution in [0.2, 0.25) is 0 Å². The van der Waals surface area contributed by atoms with E-state index in [1.807, 2.05) is 0 Å². The Kier molecular flexibility index (Phi) is 8.13. The van der Waals surface area contributed by atoms with Gasteiger partial charge in [-0.3, -0.25) is 4.79 Å².